The highest BCUT2D eigenvalue weighted by atomic mass is 15.1. The van der Waals surface area contributed by atoms with Crippen molar-refractivity contribution in [2.75, 3.05) is 52.4 Å². The Kier molecular flexibility index (Phi) is 27.9. The van der Waals surface area contributed by atoms with Crippen LogP contribution in [-0.4, -0.2) is 62.2 Å². The van der Waals surface area contributed by atoms with Crippen molar-refractivity contribution in [2.45, 2.75) is 136 Å². The zero-order chi connectivity index (χ0) is 24.2. The molecule has 4 N–H and O–H groups in total. The maximum absolute atomic E-state index is 5.75. The molecule has 0 unspecified atom stereocenters. The Morgan fingerprint density at radius 2 is 0.606 bits per heavy atom. The lowest BCUT2D eigenvalue weighted by atomic mass is 10.1. The number of nitrogens with two attached hydrogens (primary N) is 2. The number of unbranched alkanes of at least 4 members (excludes halogenated alkanes) is 14. The first-order chi connectivity index (χ1) is 16.3. The monoisotopic (exact) mass is 469 g/mol. The van der Waals surface area contributed by atoms with E-state index in [9.17, 15) is 0 Å². The molecule has 0 spiro atoms. The molecule has 0 fully saturated rings. The van der Waals surface area contributed by atoms with E-state index in [0.29, 0.717) is 0 Å². The fourth-order valence-corrected chi connectivity index (χ4v) is 4.76. The topological polar surface area (TPSA) is 58.5 Å². The first kappa shape index (κ1) is 32.8. The van der Waals surface area contributed by atoms with Gasteiger partial charge in [0.1, 0.15) is 0 Å². The summed E-state index contributed by atoms with van der Waals surface area (Å²) in [4.78, 5) is 5.36. The van der Waals surface area contributed by atoms with E-state index in [1.165, 1.54) is 135 Å². The van der Waals surface area contributed by atoms with Gasteiger partial charge in [-0.1, -0.05) is 104 Å². The largest absolute Gasteiger partial charge is 0.330 e. The van der Waals surface area contributed by atoms with E-state index in [2.05, 4.69) is 23.6 Å². The number of nitrogens with zero attached hydrogens (tertiary/aromatic N) is 2. The molecular weight excluding hydrogens is 404 g/mol. The van der Waals surface area contributed by atoms with Crippen LogP contribution in [0, 0.1) is 0 Å². The average molecular weight is 469 g/mol. The Bertz CT molecular complexity index is 323. The molecule has 0 radical (unpaired) electrons. The Balaban J connectivity index is 4.17. The van der Waals surface area contributed by atoms with E-state index in [4.69, 9.17) is 11.5 Å². The van der Waals surface area contributed by atoms with Crippen molar-refractivity contribution >= 4 is 0 Å². The average Bonchev–Trinajstić information content (AvgIpc) is 2.83. The van der Waals surface area contributed by atoms with Gasteiger partial charge < -0.3 is 21.3 Å². The third-order valence-electron chi connectivity index (χ3n) is 6.96. The van der Waals surface area contributed by atoms with Crippen LogP contribution in [-0.2, 0) is 0 Å². The molecule has 0 atom stereocenters. The van der Waals surface area contributed by atoms with E-state index in [-0.39, 0.29) is 0 Å². The fourth-order valence-electron chi connectivity index (χ4n) is 4.76. The molecule has 0 bridgehead atoms. The van der Waals surface area contributed by atoms with Crippen molar-refractivity contribution in [3.63, 3.8) is 0 Å². The van der Waals surface area contributed by atoms with Crippen molar-refractivity contribution in [1.82, 2.24) is 9.80 Å². The summed E-state index contributed by atoms with van der Waals surface area (Å²) < 4.78 is 0. The SMILES string of the molecule is CCCCCCCCCCN(CCCCCCCCCC)CCCN(CCCN)CCCN. The summed E-state index contributed by atoms with van der Waals surface area (Å²) in [5, 5.41) is 0. The molecule has 4 heteroatoms. The molecule has 0 aliphatic carbocycles. The van der Waals surface area contributed by atoms with Gasteiger partial charge in [-0.25, -0.2) is 0 Å². The van der Waals surface area contributed by atoms with Crippen LogP contribution in [0.5, 0.6) is 0 Å². The van der Waals surface area contributed by atoms with E-state index in [0.717, 1.165) is 39.0 Å². The Morgan fingerprint density at radius 3 is 0.939 bits per heavy atom. The smallest absolute Gasteiger partial charge is 0.000653 e. The predicted octanol–water partition coefficient (Wildman–Crippen LogP) is 6.96. The molecule has 0 saturated heterocycles. The highest BCUT2D eigenvalue weighted by Crippen LogP contribution is 2.12. The van der Waals surface area contributed by atoms with Crippen LogP contribution in [0.25, 0.3) is 0 Å². The van der Waals surface area contributed by atoms with E-state index in [1.807, 2.05) is 0 Å². The quantitative estimate of drug-likeness (QED) is 0.122. The lowest BCUT2D eigenvalue weighted by Gasteiger charge is -2.26. The van der Waals surface area contributed by atoms with Crippen LogP contribution in [0.4, 0.5) is 0 Å². The molecular formula is C29H64N4. The first-order valence-electron chi connectivity index (χ1n) is 15.1. The van der Waals surface area contributed by atoms with Gasteiger partial charge in [0.05, 0.1) is 0 Å². The summed E-state index contributed by atoms with van der Waals surface area (Å²) in [6.45, 7) is 13.5. The first-order valence-corrected chi connectivity index (χ1v) is 15.1. The Labute approximate surface area is 209 Å². The number of hydrogen-bond donors (Lipinski definition) is 2. The van der Waals surface area contributed by atoms with Gasteiger partial charge in [-0.05, 0) is 84.5 Å². The summed E-state index contributed by atoms with van der Waals surface area (Å²) >= 11 is 0. The van der Waals surface area contributed by atoms with Gasteiger partial charge in [0.15, 0.2) is 0 Å². The van der Waals surface area contributed by atoms with Crippen LogP contribution >= 0.6 is 0 Å². The van der Waals surface area contributed by atoms with Gasteiger partial charge in [0.25, 0.3) is 0 Å². The molecule has 0 aliphatic rings. The van der Waals surface area contributed by atoms with E-state index < -0.39 is 0 Å². The molecule has 0 aromatic heterocycles. The summed E-state index contributed by atoms with van der Waals surface area (Å²) in [5.74, 6) is 0. The highest BCUT2D eigenvalue weighted by molar-refractivity contribution is 4.64. The molecule has 0 aromatic carbocycles. The normalized spacial score (nSPS) is 11.8. The number of rotatable bonds is 28. The van der Waals surface area contributed by atoms with Gasteiger partial charge in [-0.2, -0.15) is 0 Å². The summed E-state index contributed by atoms with van der Waals surface area (Å²) in [6, 6.07) is 0. The third kappa shape index (κ3) is 24.8. The predicted molar refractivity (Wildman–Crippen MR) is 150 cm³/mol. The molecule has 0 rings (SSSR count). The summed E-state index contributed by atoms with van der Waals surface area (Å²) in [5.41, 5.74) is 11.5. The molecule has 0 heterocycles. The maximum Gasteiger partial charge on any atom is -0.000653 e. The highest BCUT2D eigenvalue weighted by Gasteiger charge is 2.08. The van der Waals surface area contributed by atoms with Gasteiger partial charge in [-0.3, -0.25) is 0 Å². The third-order valence-corrected chi connectivity index (χ3v) is 6.96. The van der Waals surface area contributed by atoms with Crippen molar-refractivity contribution in [2.24, 2.45) is 11.5 Å². The van der Waals surface area contributed by atoms with Crippen LogP contribution < -0.4 is 11.5 Å². The van der Waals surface area contributed by atoms with Gasteiger partial charge in [0, 0.05) is 0 Å². The summed E-state index contributed by atoms with van der Waals surface area (Å²) in [6.07, 6.45) is 26.1. The summed E-state index contributed by atoms with van der Waals surface area (Å²) in [7, 11) is 0. The van der Waals surface area contributed by atoms with Crippen LogP contribution in [0.1, 0.15) is 136 Å². The minimum Gasteiger partial charge on any atom is -0.330 e. The fraction of sp³-hybridized carbons (Fsp3) is 1.00. The zero-order valence-electron chi connectivity index (χ0n) is 23.1. The van der Waals surface area contributed by atoms with E-state index in [1.54, 1.807) is 0 Å². The molecule has 0 amide bonds. The minimum atomic E-state index is 0.794. The standard InChI is InChI=1S/C29H64N4/c1-3-5-7-9-11-13-15-17-24-32(25-18-16-14-12-10-8-6-4-2)28-21-29-33(26-19-22-30)27-20-23-31/h3-31H2,1-2H3. The van der Waals surface area contributed by atoms with Gasteiger partial charge in [-0.15, -0.1) is 0 Å². The Hall–Kier alpha value is -0.160. The molecule has 200 valence electrons. The lowest BCUT2D eigenvalue weighted by Crippen LogP contribution is -2.33. The zero-order valence-corrected chi connectivity index (χ0v) is 23.1. The van der Waals surface area contributed by atoms with Crippen molar-refractivity contribution in [1.29, 1.82) is 0 Å². The Morgan fingerprint density at radius 1 is 0.333 bits per heavy atom. The van der Waals surface area contributed by atoms with Crippen LogP contribution in [0.15, 0.2) is 0 Å². The molecule has 0 aliphatic heterocycles. The van der Waals surface area contributed by atoms with Crippen molar-refractivity contribution in [3.8, 4) is 0 Å². The van der Waals surface area contributed by atoms with Crippen molar-refractivity contribution in [3.05, 3.63) is 0 Å². The maximum atomic E-state index is 5.75. The van der Waals surface area contributed by atoms with Crippen LogP contribution in [0.3, 0.4) is 0 Å². The van der Waals surface area contributed by atoms with Crippen molar-refractivity contribution < 1.29 is 0 Å². The second kappa shape index (κ2) is 28.1. The second-order valence-electron chi connectivity index (χ2n) is 10.3. The number of hydrogen-bond acceptors (Lipinski definition) is 4. The van der Waals surface area contributed by atoms with Gasteiger partial charge in [0.2, 0.25) is 0 Å². The minimum absolute atomic E-state index is 0.794. The van der Waals surface area contributed by atoms with Gasteiger partial charge >= 0.3 is 0 Å². The molecule has 0 saturated carbocycles. The molecule has 4 nitrogen and oxygen atoms in total. The second-order valence-corrected chi connectivity index (χ2v) is 10.3. The van der Waals surface area contributed by atoms with Crippen LogP contribution in [0.2, 0.25) is 0 Å². The van der Waals surface area contributed by atoms with E-state index >= 15 is 0 Å². The molecule has 33 heavy (non-hydrogen) atoms. The molecule has 0 aromatic rings. The lowest BCUT2D eigenvalue weighted by molar-refractivity contribution is 0.218.